The largest absolute Gasteiger partial charge is 0.497 e. The highest BCUT2D eigenvalue weighted by Crippen LogP contribution is 2.28. The molecule has 0 saturated carbocycles. The fourth-order valence-electron chi connectivity index (χ4n) is 3.42. The minimum Gasteiger partial charge on any atom is -0.497 e. The summed E-state index contributed by atoms with van der Waals surface area (Å²) in [4.78, 5) is 26.7. The Morgan fingerprint density at radius 3 is 2.39 bits per heavy atom. The molecule has 4 aromatic rings. The first kappa shape index (κ1) is 21.2. The Labute approximate surface area is 189 Å². The second-order valence-corrected chi connectivity index (χ2v) is 8.75. The quantitative estimate of drug-likeness (QED) is 0.342. The summed E-state index contributed by atoms with van der Waals surface area (Å²) in [5.41, 5.74) is 3.21. The van der Waals surface area contributed by atoms with Crippen LogP contribution in [-0.2, 0) is 11.2 Å². The summed E-state index contributed by atoms with van der Waals surface area (Å²) in [6.45, 7) is 2.00. The van der Waals surface area contributed by atoms with E-state index in [1.54, 1.807) is 42.1 Å². The van der Waals surface area contributed by atoms with Gasteiger partial charge in [0.25, 0.3) is 5.91 Å². The number of rotatable bonds is 5. The summed E-state index contributed by atoms with van der Waals surface area (Å²) in [6, 6.07) is 20.1. The van der Waals surface area contributed by atoms with Gasteiger partial charge in [-0.2, -0.15) is 0 Å². The van der Waals surface area contributed by atoms with Crippen LogP contribution in [0.25, 0.3) is 10.9 Å². The van der Waals surface area contributed by atoms with Crippen LogP contribution in [0, 0.1) is 6.92 Å². The van der Waals surface area contributed by atoms with Crippen molar-refractivity contribution >= 4 is 45.3 Å². The lowest BCUT2D eigenvalue weighted by atomic mass is 10.1. The van der Waals surface area contributed by atoms with E-state index in [0.717, 1.165) is 32.7 Å². The average molecular weight is 450 g/mol. The van der Waals surface area contributed by atoms with E-state index in [-0.39, 0.29) is 17.4 Å². The van der Waals surface area contributed by atoms with Crippen molar-refractivity contribution in [1.82, 2.24) is 4.57 Å². The monoisotopic (exact) mass is 449 g/mol. The van der Waals surface area contributed by atoms with Crippen LogP contribution in [0.4, 0.5) is 0 Å². The van der Waals surface area contributed by atoms with E-state index < -0.39 is 0 Å². The molecule has 0 aliphatic carbocycles. The van der Waals surface area contributed by atoms with Crippen molar-refractivity contribution in [3.05, 3.63) is 94.6 Å². The first-order valence-corrected chi connectivity index (χ1v) is 10.9. The van der Waals surface area contributed by atoms with Crippen LogP contribution < -0.4 is 4.74 Å². The molecule has 1 aromatic heterocycles. The van der Waals surface area contributed by atoms with E-state index >= 15 is 0 Å². The van der Waals surface area contributed by atoms with Gasteiger partial charge in [0, 0.05) is 33.5 Å². The molecule has 0 atom stereocenters. The Bertz CT molecular complexity index is 1260. The normalized spacial score (nSPS) is 10.9. The zero-order valence-electron chi connectivity index (χ0n) is 17.1. The maximum Gasteiger partial charge on any atom is 0.262 e. The lowest BCUT2D eigenvalue weighted by Crippen LogP contribution is -2.10. The van der Waals surface area contributed by atoms with Crippen LogP contribution in [0.2, 0.25) is 5.02 Å². The summed E-state index contributed by atoms with van der Waals surface area (Å²) < 4.78 is 6.77. The van der Waals surface area contributed by atoms with Gasteiger partial charge in [-0.25, -0.2) is 0 Å². The molecule has 0 N–H and O–H groups in total. The Balaban J connectivity index is 1.64. The van der Waals surface area contributed by atoms with Crippen LogP contribution in [0.1, 0.15) is 21.5 Å². The summed E-state index contributed by atoms with van der Waals surface area (Å²) >= 11 is 7.14. The van der Waals surface area contributed by atoms with Crippen LogP contribution >= 0.6 is 23.4 Å². The minimum absolute atomic E-state index is 0.00432. The molecular weight excluding hydrogens is 430 g/mol. The van der Waals surface area contributed by atoms with Crippen molar-refractivity contribution in [2.24, 2.45) is 0 Å². The van der Waals surface area contributed by atoms with E-state index in [4.69, 9.17) is 16.3 Å². The van der Waals surface area contributed by atoms with Crippen molar-refractivity contribution in [2.75, 3.05) is 7.11 Å². The molecule has 0 saturated heterocycles. The number of methoxy groups -OCH3 is 1. The fraction of sp³-hybridized carbons (Fsp3) is 0.120. The van der Waals surface area contributed by atoms with Crippen molar-refractivity contribution in [2.45, 2.75) is 18.2 Å². The molecule has 1 heterocycles. The van der Waals surface area contributed by atoms with E-state index in [0.29, 0.717) is 10.6 Å². The number of ether oxygens (including phenoxy) is 1. The van der Waals surface area contributed by atoms with Crippen molar-refractivity contribution in [1.29, 1.82) is 0 Å². The van der Waals surface area contributed by atoms with Gasteiger partial charge in [0.1, 0.15) is 5.75 Å². The number of thioether (sulfide) groups is 1. The highest BCUT2D eigenvalue weighted by molar-refractivity contribution is 8.13. The molecule has 31 heavy (non-hydrogen) atoms. The van der Waals surface area contributed by atoms with Crippen LogP contribution in [0.5, 0.6) is 5.75 Å². The van der Waals surface area contributed by atoms with Crippen molar-refractivity contribution < 1.29 is 14.3 Å². The molecule has 4 rings (SSSR count). The van der Waals surface area contributed by atoms with Crippen LogP contribution in [0.15, 0.2) is 77.8 Å². The Morgan fingerprint density at radius 1 is 1.00 bits per heavy atom. The second kappa shape index (κ2) is 9.00. The number of halogens is 1. The van der Waals surface area contributed by atoms with E-state index in [1.807, 2.05) is 49.4 Å². The Hall–Kier alpha value is -3.02. The highest BCUT2D eigenvalue weighted by Gasteiger charge is 2.18. The average Bonchev–Trinajstić information content (AvgIpc) is 3.11. The first-order chi connectivity index (χ1) is 14.9. The standard InChI is InChI=1S/C25H20ClNO3S/c1-16-3-12-23-22(13-16)18(14-24(28)31-21-10-8-20(30-2)9-11-21)15-27(23)25(29)17-4-6-19(26)7-5-17/h3-13,15H,14H2,1-2H3. The van der Waals surface area contributed by atoms with Crippen LogP contribution in [-0.4, -0.2) is 22.7 Å². The van der Waals surface area contributed by atoms with Gasteiger partial charge in [0.2, 0.25) is 0 Å². The number of hydrogen-bond donors (Lipinski definition) is 0. The predicted molar refractivity (Wildman–Crippen MR) is 125 cm³/mol. The highest BCUT2D eigenvalue weighted by atomic mass is 35.5. The smallest absolute Gasteiger partial charge is 0.262 e. The number of aromatic nitrogens is 1. The molecular formula is C25H20ClNO3S. The van der Waals surface area contributed by atoms with Gasteiger partial charge < -0.3 is 4.74 Å². The van der Waals surface area contributed by atoms with Gasteiger partial charge in [-0.05, 0) is 73.2 Å². The Morgan fingerprint density at radius 2 is 1.71 bits per heavy atom. The van der Waals surface area contributed by atoms with E-state index in [2.05, 4.69) is 0 Å². The third kappa shape index (κ3) is 4.68. The molecule has 4 nitrogen and oxygen atoms in total. The second-order valence-electron chi connectivity index (χ2n) is 7.18. The van der Waals surface area contributed by atoms with Gasteiger partial charge in [0.15, 0.2) is 5.12 Å². The number of carbonyl (C=O) groups is 2. The number of fused-ring (bicyclic) bond motifs is 1. The van der Waals surface area contributed by atoms with E-state index in [9.17, 15) is 9.59 Å². The van der Waals surface area contributed by atoms with Crippen LogP contribution in [0.3, 0.4) is 0 Å². The summed E-state index contributed by atoms with van der Waals surface area (Å²) in [5.74, 6) is 0.586. The molecule has 0 spiro atoms. The number of carbonyl (C=O) groups excluding carboxylic acids is 2. The van der Waals surface area contributed by atoms with Crippen molar-refractivity contribution in [3.63, 3.8) is 0 Å². The first-order valence-electron chi connectivity index (χ1n) is 9.70. The molecule has 0 bridgehead atoms. The molecule has 3 aromatic carbocycles. The van der Waals surface area contributed by atoms with Gasteiger partial charge in [-0.3, -0.25) is 14.2 Å². The third-order valence-corrected chi connectivity index (χ3v) is 6.11. The zero-order valence-corrected chi connectivity index (χ0v) is 18.7. The maximum absolute atomic E-state index is 13.1. The van der Waals surface area contributed by atoms with Gasteiger partial charge in [-0.15, -0.1) is 0 Å². The van der Waals surface area contributed by atoms with Gasteiger partial charge in [-0.1, -0.05) is 35.0 Å². The summed E-state index contributed by atoms with van der Waals surface area (Å²) in [5, 5.41) is 1.49. The predicted octanol–water partition coefficient (Wildman–Crippen LogP) is 6.16. The fourth-order valence-corrected chi connectivity index (χ4v) is 4.31. The molecule has 156 valence electrons. The molecule has 0 fully saturated rings. The molecule has 0 unspecified atom stereocenters. The number of nitrogens with zero attached hydrogens (tertiary/aromatic N) is 1. The van der Waals surface area contributed by atoms with Gasteiger partial charge >= 0.3 is 0 Å². The Kier molecular flexibility index (Phi) is 6.16. The van der Waals surface area contributed by atoms with Gasteiger partial charge in [0.05, 0.1) is 12.6 Å². The molecule has 0 radical (unpaired) electrons. The topological polar surface area (TPSA) is 48.3 Å². The minimum atomic E-state index is -0.160. The SMILES string of the molecule is COc1ccc(SC(=O)Cc2cn(C(=O)c3ccc(Cl)cc3)c3ccc(C)cc23)cc1. The zero-order chi connectivity index (χ0) is 22.0. The van der Waals surface area contributed by atoms with E-state index in [1.165, 1.54) is 11.8 Å². The summed E-state index contributed by atoms with van der Waals surface area (Å²) in [7, 11) is 1.61. The third-order valence-electron chi connectivity index (χ3n) is 4.98. The summed E-state index contributed by atoms with van der Waals surface area (Å²) in [6.07, 6.45) is 1.99. The van der Waals surface area contributed by atoms with Crippen molar-refractivity contribution in [3.8, 4) is 5.75 Å². The molecule has 0 aliphatic heterocycles. The molecule has 0 aliphatic rings. The number of benzene rings is 3. The maximum atomic E-state index is 13.1. The lowest BCUT2D eigenvalue weighted by Gasteiger charge is -2.04. The molecule has 0 amide bonds. The lowest BCUT2D eigenvalue weighted by molar-refractivity contribution is -0.110. The number of hydrogen-bond acceptors (Lipinski definition) is 4. The number of aryl methyl sites for hydroxylation is 1. The molecule has 6 heteroatoms.